The molecular formula is C23H29F2N3O4S. The fourth-order valence-corrected chi connectivity index (χ4v) is 4.28. The molecule has 0 heterocycles. The number of nitrogens with zero attached hydrogens (tertiary/aromatic N) is 2. The SMILES string of the molecule is CCNC(=O)[C@@H](CC)N(CCc1ccccc1)C(=O)CN(c1ccc(F)c(F)c1)S(C)(=O)=O. The average Bonchev–Trinajstić information content (AvgIpc) is 2.76. The molecule has 0 spiro atoms. The van der Waals surface area contributed by atoms with Gasteiger partial charge in [-0.3, -0.25) is 13.9 Å². The third-order valence-electron chi connectivity index (χ3n) is 5.09. The highest BCUT2D eigenvalue weighted by Gasteiger charge is 2.31. The van der Waals surface area contributed by atoms with E-state index in [1.165, 1.54) is 4.90 Å². The van der Waals surface area contributed by atoms with Crippen LogP contribution in [0.25, 0.3) is 0 Å². The highest BCUT2D eigenvalue weighted by molar-refractivity contribution is 7.92. The predicted molar refractivity (Wildman–Crippen MR) is 123 cm³/mol. The van der Waals surface area contributed by atoms with Crippen LogP contribution in [0.15, 0.2) is 48.5 Å². The minimum absolute atomic E-state index is 0.174. The van der Waals surface area contributed by atoms with Crippen molar-refractivity contribution in [1.82, 2.24) is 10.2 Å². The van der Waals surface area contributed by atoms with E-state index >= 15 is 0 Å². The molecule has 7 nitrogen and oxygen atoms in total. The molecule has 0 saturated heterocycles. The molecule has 0 fully saturated rings. The van der Waals surface area contributed by atoms with Crippen molar-refractivity contribution >= 4 is 27.5 Å². The Morgan fingerprint density at radius 1 is 1.03 bits per heavy atom. The minimum Gasteiger partial charge on any atom is -0.355 e. The van der Waals surface area contributed by atoms with E-state index in [0.29, 0.717) is 23.7 Å². The molecule has 180 valence electrons. The summed E-state index contributed by atoms with van der Waals surface area (Å²) >= 11 is 0. The number of sulfonamides is 1. The van der Waals surface area contributed by atoms with E-state index in [2.05, 4.69) is 5.32 Å². The molecule has 2 rings (SSSR count). The van der Waals surface area contributed by atoms with Gasteiger partial charge in [0.1, 0.15) is 12.6 Å². The van der Waals surface area contributed by atoms with Crippen molar-refractivity contribution in [2.75, 3.05) is 30.2 Å². The van der Waals surface area contributed by atoms with E-state index in [0.717, 1.165) is 30.0 Å². The molecule has 10 heteroatoms. The Bertz CT molecular complexity index is 1060. The van der Waals surface area contributed by atoms with E-state index in [1.54, 1.807) is 13.8 Å². The number of carbonyl (C=O) groups excluding carboxylic acids is 2. The van der Waals surface area contributed by atoms with Crippen LogP contribution in [0.2, 0.25) is 0 Å². The number of amides is 2. The number of benzene rings is 2. The third kappa shape index (κ3) is 7.24. The van der Waals surface area contributed by atoms with E-state index in [1.807, 2.05) is 30.3 Å². The lowest BCUT2D eigenvalue weighted by Crippen LogP contribution is -2.53. The molecule has 2 amide bonds. The van der Waals surface area contributed by atoms with Crippen molar-refractivity contribution in [3.8, 4) is 0 Å². The lowest BCUT2D eigenvalue weighted by Gasteiger charge is -2.32. The summed E-state index contributed by atoms with van der Waals surface area (Å²) in [5.74, 6) is -3.34. The van der Waals surface area contributed by atoms with E-state index in [-0.39, 0.29) is 18.1 Å². The van der Waals surface area contributed by atoms with Crippen molar-refractivity contribution in [3.05, 3.63) is 65.7 Å². The first kappa shape index (κ1) is 26.2. The van der Waals surface area contributed by atoms with Crippen molar-refractivity contribution in [2.45, 2.75) is 32.7 Å². The largest absolute Gasteiger partial charge is 0.355 e. The number of nitrogens with one attached hydrogen (secondary N) is 1. The van der Waals surface area contributed by atoms with E-state index in [4.69, 9.17) is 0 Å². The van der Waals surface area contributed by atoms with Crippen LogP contribution in [-0.4, -0.2) is 57.1 Å². The average molecular weight is 482 g/mol. The van der Waals surface area contributed by atoms with Gasteiger partial charge in [-0.2, -0.15) is 0 Å². The smallest absolute Gasteiger partial charge is 0.244 e. The van der Waals surface area contributed by atoms with Crippen LogP contribution in [0.3, 0.4) is 0 Å². The van der Waals surface area contributed by atoms with Gasteiger partial charge in [-0.15, -0.1) is 0 Å². The Hall–Kier alpha value is -3.01. The van der Waals surface area contributed by atoms with Gasteiger partial charge >= 0.3 is 0 Å². The van der Waals surface area contributed by atoms with E-state index in [9.17, 15) is 26.8 Å². The highest BCUT2D eigenvalue weighted by atomic mass is 32.2. The molecule has 1 atom stereocenters. The summed E-state index contributed by atoms with van der Waals surface area (Å²) in [7, 11) is -4.01. The maximum Gasteiger partial charge on any atom is 0.244 e. The van der Waals surface area contributed by atoms with Crippen molar-refractivity contribution in [1.29, 1.82) is 0 Å². The summed E-state index contributed by atoms with van der Waals surface area (Å²) in [4.78, 5) is 27.3. The number of anilines is 1. The minimum atomic E-state index is -4.01. The lowest BCUT2D eigenvalue weighted by atomic mass is 10.1. The highest BCUT2D eigenvalue weighted by Crippen LogP contribution is 2.21. The van der Waals surface area contributed by atoms with Crippen LogP contribution < -0.4 is 9.62 Å². The first-order chi connectivity index (χ1) is 15.6. The molecule has 0 unspecified atom stereocenters. The van der Waals surface area contributed by atoms with Gasteiger partial charge in [0.2, 0.25) is 21.8 Å². The van der Waals surface area contributed by atoms with Crippen LogP contribution in [0, 0.1) is 11.6 Å². The van der Waals surface area contributed by atoms with Gasteiger partial charge in [0.05, 0.1) is 11.9 Å². The summed E-state index contributed by atoms with van der Waals surface area (Å²) in [6.45, 7) is 3.41. The van der Waals surface area contributed by atoms with Crippen molar-refractivity contribution in [3.63, 3.8) is 0 Å². The van der Waals surface area contributed by atoms with E-state index < -0.39 is 40.2 Å². The fourth-order valence-electron chi connectivity index (χ4n) is 3.44. The molecule has 2 aromatic rings. The van der Waals surface area contributed by atoms with Crippen LogP contribution in [0.4, 0.5) is 14.5 Å². The number of carbonyl (C=O) groups is 2. The molecule has 0 aliphatic carbocycles. The van der Waals surface area contributed by atoms with Crippen LogP contribution in [0.1, 0.15) is 25.8 Å². The molecular weight excluding hydrogens is 452 g/mol. The van der Waals surface area contributed by atoms with Gasteiger partial charge in [-0.1, -0.05) is 37.3 Å². The Labute approximate surface area is 193 Å². The molecule has 33 heavy (non-hydrogen) atoms. The third-order valence-corrected chi connectivity index (χ3v) is 6.23. The van der Waals surface area contributed by atoms with Crippen LogP contribution in [-0.2, 0) is 26.0 Å². The predicted octanol–water partition coefficient (Wildman–Crippen LogP) is 2.72. The van der Waals surface area contributed by atoms with Gasteiger partial charge < -0.3 is 10.2 Å². The molecule has 0 aliphatic heterocycles. The molecule has 0 aliphatic rings. The number of hydrogen-bond donors (Lipinski definition) is 1. The summed E-state index contributed by atoms with van der Waals surface area (Å²) in [6, 6.07) is 11.1. The topological polar surface area (TPSA) is 86.8 Å². The number of hydrogen-bond acceptors (Lipinski definition) is 4. The van der Waals surface area contributed by atoms with Crippen molar-refractivity contribution in [2.24, 2.45) is 0 Å². The molecule has 0 aromatic heterocycles. The Morgan fingerprint density at radius 2 is 1.70 bits per heavy atom. The van der Waals surface area contributed by atoms with Gasteiger partial charge in [-0.25, -0.2) is 17.2 Å². The van der Waals surface area contributed by atoms with Gasteiger partial charge in [-0.05, 0) is 37.5 Å². The lowest BCUT2D eigenvalue weighted by molar-refractivity contribution is -0.139. The van der Waals surface area contributed by atoms with Gasteiger partial charge in [0, 0.05) is 19.2 Å². The first-order valence-corrected chi connectivity index (χ1v) is 12.5. The maximum absolute atomic E-state index is 13.8. The Morgan fingerprint density at radius 3 is 2.24 bits per heavy atom. The standard InChI is InChI=1S/C23H29F2N3O4S/c1-4-21(23(30)26-5-2)27(14-13-17-9-7-6-8-10-17)22(29)16-28(33(3,31)32)18-11-12-19(24)20(25)15-18/h6-12,15,21H,4-5,13-14,16H2,1-3H3,(H,26,30)/t21-/m1/s1. The first-order valence-electron chi connectivity index (χ1n) is 10.6. The normalized spacial score (nSPS) is 12.2. The zero-order valence-electron chi connectivity index (χ0n) is 18.9. The van der Waals surface area contributed by atoms with Crippen LogP contribution >= 0.6 is 0 Å². The quantitative estimate of drug-likeness (QED) is 0.535. The van der Waals surface area contributed by atoms with Gasteiger partial charge in [0.25, 0.3) is 0 Å². The fraction of sp³-hybridized carbons (Fsp3) is 0.391. The van der Waals surface area contributed by atoms with Crippen LogP contribution in [0.5, 0.6) is 0 Å². The molecule has 0 saturated carbocycles. The number of rotatable bonds is 11. The summed E-state index contributed by atoms with van der Waals surface area (Å²) in [5, 5.41) is 2.70. The van der Waals surface area contributed by atoms with Crippen molar-refractivity contribution < 1.29 is 26.8 Å². The maximum atomic E-state index is 13.8. The zero-order valence-corrected chi connectivity index (χ0v) is 19.7. The molecule has 0 bridgehead atoms. The second-order valence-corrected chi connectivity index (χ2v) is 9.42. The Balaban J connectivity index is 2.36. The summed E-state index contributed by atoms with van der Waals surface area (Å²) in [6.07, 6.45) is 1.64. The van der Waals surface area contributed by atoms with Gasteiger partial charge in [0.15, 0.2) is 11.6 Å². The second-order valence-electron chi connectivity index (χ2n) is 7.51. The molecule has 2 aromatic carbocycles. The molecule has 1 N–H and O–H groups in total. The summed E-state index contributed by atoms with van der Waals surface area (Å²) < 4.78 is 52.6. The monoisotopic (exact) mass is 481 g/mol. The molecule has 0 radical (unpaired) electrons. The summed E-state index contributed by atoms with van der Waals surface area (Å²) in [5.41, 5.74) is 0.764. The zero-order chi connectivity index (χ0) is 24.6. The Kier molecular flexibility index (Phi) is 9.33. The number of likely N-dealkylation sites (N-methyl/N-ethyl adjacent to an activating group) is 1. The number of halogens is 2. The second kappa shape index (κ2) is 11.7.